The molecule has 0 fully saturated rings. The maximum Gasteiger partial charge on any atom is 0.228 e. The minimum absolute atomic E-state index is 0.0409. The van der Waals surface area contributed by atoms with E-state index in [4.69, 9.17) is 0 Å². The van der Waals surface area contributed by atoms with Crippen LogP contribution in [0.1, 0.15) is 51.0 Å². The van der Waals surface area contributed by atoms with Crippen LogP contribution in [0.2, 0.25) is 0 Å². The summed E-state index contributed by atoms with van der Waals surface area (Å²) in [6.45, 7) is 4.26. The fourth-order valence-electron chi connectivity index (χ4n) is 3.84. The van der Waals surface area contributed by atoms with Crippen LogP contribution in [0.4, 0.5) is 5.69 Å². The van der Waals surface area contributed by atoms with Crippen LogP contribution in [0.3, 0.4) is 0 Å². The zero-order valence-corrected chi connectivity index (χ0v) is 16.7. The highest BCUT2D eigenvalue weighted by atomic mass is 16.3. The van der Waals surface area contributed by atoms with Crippen molar-refractivity contribution in [3.05, 3.63) is 83.5 Å². The van der Waals surface area contributed by atoms with Crippen LogP contribution >= 0.6 is 0 Å². The van der Waals surface area contributed by atoms with Gasteiger partial charge in [0.2, 0.25) is 5.91 Å². The Morgan fingerprint density at radius 2 is 1.82 bits per heavy atom. The van der Waals surface area contributed by atoms with Crippen molar-refractivity contribution in [3.8, 4) is 5.75 Å². The Labute approximate surface area is 167 Å². The van der Waals surface area contributed by atoms with Crippen molar-refractivity contribution in [1.82, 2.24) is 0 Å². The Bertz CT molecular complexity index is 846. The molecule has 3 rings (SSSR count). The van der Waals surface area contributed by atoms with Crippen LogP contribution in [0.25, 0.3) is 0 Å². The van der Waals surface area contributed by atoms with E-state index in [1.807, 2.05) is 18.2 Å². The van der Waals surface area contributed by atoms with Crippen LogP contribution in [-0.4, -0.2) is 11.0 Å². The summed E-state index contributed by atoms with van der Waals surface area (Å²) in [5.74, 6) is 0.328. The first kappa shape index (κ1) is 19.9. The van der Waals surface area contributed by atoms with E-state index in [9.17, 15) is 9.90 Å². The lowest BCUT2D eigenvalue weighted by Gasteiger charge is -2.31. The number of nitrogens with one attached hydrogen (secondary N) is 1. The van der Waals surface area contributed by atoms with Crippen LogP contribution in [0.15, 0.2) is 77.9 Å². The van der Waals surface area contributed by atoms with E-state index in [0.29, 0.717) is 5.69 Å². The minimum atomic E-state index is -0.0941. The summed E-state index contributed by atoms with van der Waals surface area (Å²) in [5.41, 5.74) is 4.73. The number of hydrogen-bond acceptors (Lipinski definition) is 2. The monoisotopic (exact) mass is 375 g/mol. The highest BCUT2D eigenvalue weighted by Crippen LogP contribution is 2.39. The smallest absolute Gasteiger partial charge is 0.228 e. The number of carbonyl (C=O) groups is 1. The molecule has 0 saturated heterocycles. The molecule has 0 radical (unpaired) electrons. The third-order valence-electron chi connectivity index (χ3n) is 5.35. The molecule has 0 heterocycles. The molecule has 0 aromatic heterocycles. The third kappa shape index (κ3) is 5.35. The minimum Gasteiger partial charge on any atom is -0.508 e. The van der Waals surface area contributed by atoms with Crippen LogP contribution in [-0.2, 0) is 4.79 Å². The third-order valence-corrected chi connectivity index (χ3v) is 5.35. The summed E-state index contributed by atoms with van der Waals surface area (Å²) >= 11 is 0. The van der Waals surface area contributed by atoms with Gasteiger partial charge in [0.25, 0.3) is 0 Å². The van der Waals surface area contributed by atoms with Gasteiger partial charge in [-0.15, -0.1) is 0 Å². The van der Waals surface area contributed by atoms with Crippen molar-refractivity contribution in [2.24, 2.45) is 5.92 Å². The standard InChI is InChI=1S/C25H29NO2/c1-18(2)7-6-8-19-11-16-23(24(17-19)20-9-4-3-5-10-20)25(28)26-21-12-14-22(27)15-13-21/h3-5,7,9-15,23-24,27H,6,8,16-17H2,1-2H3,(H,26,28)/t23-,24+/m0/s1. The van der Waals surface area contributed by atoms with Crippen LogP contribution < -0.4 is 5.32 Å². The molecule has 3 heteroatoms. The molecule has 2 aromatic rings. The summed E-state index contributed by atoms with van der Waals surface area (Å²) in [7, 11) is 0. The van der Waals surface area contributed by atoms with Crippen LogP contribution in [0.5, 0.6) is 5.75 Å². The SMILES string of the molecule is CC(C)=CCCC1=CC[C@H](C(=O)Nc2ccc(O)cc2)[C@@H](c2ccccc2)C1. The molecule has 0 saturated carbocycles. The fourth-order valence-corrected chi connectivity index (χ4v) is 3.84. The number of allylic oxidation sites excluding steroid dienone is 4. The van der Waals surface area contributed by atoms with E-state index in [2.05, 4.69) is 43.4 Å². The molecule has 2 N–H and O–H groups in total. The van der Waals surface area contributed by atoms with E-state index in [0.717, 1.165) is 25.7 Å². The molecule has 1 aliphatic rings. The van der Waals surface area contributed by atoms with Crippen molar-refractivity contribution in [3.63, 3.8) is 0 Å². The first-order valence-electron chi connectivity index (χ1n) is 9.99. The number of carbonyl (C=O) groups excluding carboxylic acids is 1. The van der Waals surface area contributed by atoms with E-state index < -0.39 is 0 Å². The largest absolute Gasteiger partial charge is 0.508 e. The average molecular weight is 376 g/mol. The zero-order chi connectivity index (χ0) is 19.9. The van der Waals surface area contributed by atoms with Crippen molar-refractivity contribution < 1.29 is 9.90 Å². The van der Waals surface area contributed by atoms with Crippen molar-refractivity contribution in [1.29, 1.82) is 0 Å². The lowest BCUT2D eigenvalue weighted by Crippen LogP contribution is -2.30. The van der Waals surface area contributed by atoms with Gasteiger partial charge in [0.15, 0.2) is 0 Å². The van der Waals surface area contributed by atoms with E-state index >= 15 is 0 Å². The number of benzene rings is 2. The van der Waals surface area contributed by atoms with Gasteiger partial charge in [-0.2, -0.15) is 0 Å². The highest BCUT2D eigenvalue weighted by Gasteiger charge is 2.32. The second-order valence-corrected chi connectivity index (χ2v) is 7.78. The Kier molecular flexibility index (Phi) is 6.70. The Morgan fingerprint density at radius 3 is 2.50 bits per heavy atom. The molecule has 2 aromatic carbocycles. The number of amides is 1. The van der Waals surface area contributed by atoms with Gasteiger partial charge in [0.1, 0.15) is 5.75 Å². The molecule has 146 valence electrons. The van der Waals surface area contributed by atoms with Gasteiger partial charge in [-0.25, -0.2) is 0 Å². The lowest BCUT2D eigenvalue weighted by molar-refractivity contribution is -0.120. The number of phenols is 1. The normalized spacial score (nSPS) is 18.9. The topological polar surface area (TPSA) is 49.3 Å². The number of aromatic hydroxyl groups is 1. The molecule has 0 unspecified atom stereocenters. The molecular formula is C25H29NO2. The average Bonchev–Trinajstić information content (AvgIpc) is 2.70. The van der Waals surface area contributed by atoms with Gasteiger partial charge in [0.05, 0.1) is 0 Å². The number of hydrogen-bond donors (Lipinski definition) is 2. The quantitative estimate of drug-likeness (QED) is 0.467. The van der Waals surface area contributed by atoms with Gasteiger partial charge in [0, 0.05) is 11.6 Å². The summed E-state index contributed by atoms with van der Waals surface area (Å²) in [5, 5.41) is 12.5. The van der Waals surface area contributed by atoms with Crippen molar-refractivity contribution >= 4 is 11.6 Å². The lowest BCUT2D eigenvalue weighted by atomic mass is 9.74. The predicted molar refractivity (Wildman–Crippen MR) is 115 cm³/mol. The highest BCUT2D eigenvalue weighted by molar-refractivity contribution is 5.93. The Balaban J connectivity index is 1.77. The first-order chi connectivity index (χ1) is 13.5. The zero-order valence-electron chi connectivity index (χ0n) is 16.7. The molecule has 3 nitrogen and oxygen atoms in total. The maximum atomic E-state index is 13.0. The molecule has 0 spiro atoms. The number of anilines is 1. The Morgan fingerprint density at radius 1 is 1.11 bits per heavy atom. The molecule has 0 aliphatic heterocycles. The number of phenolic OH excluding ortho intramolecular Hbond substituents is 1. The number of rotatable bonds is 6. The van der Waals surface area contributed by atoms with Crippen LogP contribution in [0, 0.1) is 5.92 Å². The van der Waals surface area contributed by atoms with Gasteiger partial charge in [-0.1, -0.05) is 53.6 Å². The van der Waals surface area contributed by atoms with Crippen molar-refractivity contribution in [2.75, 3.05) is 5.32 Å². The summed E-state index contributed by atoms with van der Waals surface area (Å²) in [6.07, 6.45) is 8.34. The maximum absolute atomic E-state index is 13.0. The molecule has 28 heavy (non-hydrogen) atoms. The molecule has 1 amide bonds. The second kappa shape index (κ2) is 9.41. The molecule has 1 aliphatic carbocycles. The molecule has 0 bridgehead atoms. The summed E-state index contributed by atoms with van der Waals surface area (Å²) in [6, 6.07) is 17.0. The first-order valence-corrected chi connectivity index (χ1v) is 9.99. The molecular weight excluding hydrogens is 346 g/mol. The predicted octanol–water partition coefficient (Wildman–Crippen LogP) is 6.20. The van der Waals surface area contributed by atoms with E-state index in [1.54, 1.807) is 24.3 Å². The fraction of sp³-hybridized carbons (Fsp3) is 0.320. The van der Waals surface area contributed by atoms with Crippen molar-refractivity contribution in [2.45, 2.75) is 45.4 Å². The van der Waals surface area contributed by atoms with Gasteiger partial charge < -0.3 is 10.4 Å². The summed E-state index contributed by atoms with van der Waals surface area (Å²) < 4.78 is 0. The Hall–Kier alpha value is -2.81. The molecule has 2 atom stereocenters. The van der Waals surface area contributed by atoms with Gasteiger partial charge in [-0.3, -0.25) is 4.79 Å². The second-order valence-electron chi connectivity index (χ2n) is 7.78. The summed E-state index contributed by atoms with van der Waals surface area (Å²) in [4.78, 5) is 13.0. The van der Waals surface area contributed by atoms with Gasteiger partial charge in [-0.05, 0) is 75.3 Å². The van der Waals surface area contributed by atoms with Gasteiger partial charge >= 0.3 is 0 Å². The van der Waals surface area contributed by atoms with E-state index in [1.165, 1.54) is 16.7 Å². The van der Waals surface area contributed by atoms with E-state index in [-0.39, 0.29) is 23.5 Å².